The van der Waals surface area contributed by atoms with Gasteiger partial charge in [0.05, 0.1) is 25.1 Å². The average molecular weight is 303 g/mol. The molecular formula is C14H25NO4S. The van der Waals surface area contributed by atoms with Crippen molar-refractivity contribution in [1.29, 1.82) is 0 Å². The molecule has 2 aliphatic heterocycles. The van der Waals surface area contributed by atoms with Crippen LogP contribution in [0, 0.1) is 5.41 Å². The Morgan fingerprint density at radius 2 is 2.35 bits per heavy atom. The Morgan fingerprint density at radius 3 is 3.05 bits per heavy atom. The lowest BCUT2D eigenvalue weighted by Crippen LogP contribution is -2.58. The summed E-state index contributed by atoms with van der Waals surface area (Å²) in [5, 5.41) is 0. The zero-order valence-electron chi connectivity index (χ0n) is 12.2. The number of hydrogen-bond acceptors (Lipinski definition) is 4. The molecular weight excluding hydrogens is 278 g/mol. The highest BCUT2D eigenvalue weighted by Gasteiger charge is 2.48. The molecule has 6 heteroatoms. The second kappa shape index (κ2) is 6.56. The van der Waals surface area contributed by atoms with Crippen molar-refractivity contribution < 1.29 is 17.9 Å². The van der Waals surface area contributed by atoms with E-state index in [2.05, 4.69) is 6.58 Å². The van der Waals surface area contributed by atoms with Crippen LogP contribution in [0.4, 0.5) is 0 Å². The van der Waals surface area contributed by atoms with E-state index in [1.165, 1.54) is 0 Å². The molecule has 2 heterocycles. The van der Waals surface area contributed by atoms with E-state index in [9.17, 15) is 8.42 Å². The van der Waals surface area contributed by atoms with Crippen molar-refractivity contribution >= 4 is 10.0 Å². The molecule has 0 bridgehead atoms. The SMILES string of the molecule is C=CCOC[C@@]12CCCO[C@@H]1CCN(S(=O)(=O)CC)C2. The number of nitrogens with zero attached hydrogens (tertiary/aromatic N) is 1. The fraction of sp³-hybridized carbons (Fsp3) is 0.857. The Kier molecular flexibility index (Phi) is 5.23. The fourth-order valence-electron chi connectivity index (χ4n) is 3.23. The third-order valence-corrected chi connectivity index (χ3v) is 6.16. The van der Waals surface area contributed by atoms with Crippen molar-refractivity contribution in [3.05, 3.63) is 12.7 Å². The first-order chi connectivity index (χ1) is 9.54. The van der Waals surface area contributed by atoms with Crippen LogP contribution in [0.3, 0.4) is 0 Å². The molecule has 0 aromatic carbocycles. The highest BCUT2D eigenvalue weighted by Crippen LogP contribution is 2.41. The third kappa shape index (κ3) is 3.24. The van der Waals surface area contributed by atoms with Gasteiger partial charge in [-0.3, -0.25) is 0 Å². The van der Waals surface area contributed by atoms with Gasteiger partial charge >= 0.3 is 0 Å². The third-order valence-electron chi connectivity index (χ3n) is 4.34. The monoisotopic (exact) mass is 303 g/mol. The zero-order valence-corrected chi connectivity index (χ0v) is 13.0. The van der Waals surface area contributed by atoms with Gasteiger partial charge in [0.2, 0.25) is 10.0 Å². The fourth-order valence-corrected chi connectivity index (χ4v) is 4.43. The molecule has 116 valence electrons. The number of ether oxygens (including phenoxy) is 2. The van der Waals surface area contributed by atoms with Crippen LogP contribution >= 0.6 is 0 Å². The van der Waals surface area contributed by atoms with Gasteiger partial charge in [0.15, 0.2) is 0 Å². The first-order valence-electron chi connectivity index (χ1n) is 7.32. The molecule has 5 nitrogen and oxygen atoms in total. The maximum Gasteiger partial charge on any atom is 0.213 e. The Hall–Kier alpha value is -0.430. The summed E-state index contributed by atoms with van der Waals surface area (Å²) in [4.78, 5) is 0. The molecule has 0 radical (unpaired) electrons. The summed E-state index contributed by atoms with van der Waals surface area (Å²) < 4.78 is 37.4. The summed E-state index contributed by atoms with van der Waals surface area (Å²) in [6, 6.07) is 0. The molecule has 20 heavy (non-hydrogen) atoms. The lowest BCUT2D eigenvalue weighted by atomic mass is 9.73. The van der Waals surface area contributed by atoms with Gasteiger partial charge < -0.3 is 9.47 Å². The predicted octanol–water partition coefficient (Wildman–Crippen LogP) is 1.41. The number of sulfonamides is 1. The summed E-state index contributed by atoms with van der Waals surface area (Å²) in [6.07, 6.45) is 4.53. The number of hydrogen-bond donors (Lipinski definition) is 0. The van der Waals surface area contributed by atoms with E-state index < -0.39 is 10.0 Å². The smallest absolute Gasteiger partial charge is 0.213 e. The summed E-state index contributed by atoms with van der Waals surface area (Å²) >= 11 is 0. The van der Waals surface area contributed by atoms with Crippen LogP contribution < -0.4 is 0 Å². The van der Waals surface area contributed by atoms with Crippen molar-refractivity contribution in [3.63, 3.8) is 0 Å². The van der Waals surface area contributed by atoms with Crippen molar-refractivity contribution in [1.82, 2.24) is 4.31 Å². The summed E-state index contributed by atoms with van der Waals surface area (Å²) in [5.74, 6) is 0.155. The minimum absolute atomic E-state index is 0.115. The Balaban J connectivity index is 2.14. The summed E-state index contributed by atoms with van der Waals surface area (Å²) in [5.41, 5.74) is -0.193. The second-order valence-corrected chi connectivity index (χ2v) is 7.91. The minimum atomic E-state index is -3.14. The van der Waals surface area contributed by atoms with E-state index in [4.69, 9.17) is 9.47 Å². The Bertz CT molecular complexity index is 436. The van der Waals surface area contributed by atoms with E-state index in [-0.39, 0.29) is 17.3 Å². The predicted molar refractivity (Wildman–Crippen MR) is 78.1 cm³/mol. The van der Waals surface area contributed by atoms with E-state index in [1.54, 1.807) is 17.3 Å². The normalized spacial score (nSPS) is 31.8. The summed E-state index contributed by atoms with van der Waals surface area (Å²) in [7, 11) is -3.14. The maximum atomic E-state index is 12.1. The van der Waals surface area contributed by atoms with Crippen LogP contribution in [0.2, 0.25) is 0 Å². The Morgan fingerprint density at radius 1 is 1.55 bits per heavy atom. The molecule has 0 N–H and O–H groups in total. The first kappa shape index (κ1) is 15.9. The highest BCUT2D eigenvalue weighted by molar-refractivity contribution is 7.89. The van der Waals surface area contributed by atoms with Gasteiger partial charge in [0.1, 0.15) is 0 Å². The van der Waals surface area contributed by atoms with E-state index in [1.807, 2.05) is 0 Å². The average Bonchev–Trinajstić information content (AvgIpc) is 2.47. The molecule has 0 aromatic rings. The van der Waals surface area contributed by atoms with Crippen molar-refractivity contribution in [2.75, 3.05) is 38.7 Å². The van der Waals surface area contributed by atoms with E-state index in [0.717, 1.165) is 25.9 Å². The van der Waals surface area contributed by atoms with Gasteiger partial charge in [-0.05, 0) is 26.2 Å². The largest absolute Gasteiger partial charge is 0.377 e. The van der Waals surface area contributed by atoms with Crippen molar-refractivity contribution in [2.45, 2.75) is 32.3 Å². The topological polar surface area (TPSA) is 55.8 Å². The van der Waals surface area contributed by atoms with Gasteiger partial charge in [0.25, 0.3) is 0 Å². The maximum absolute atomic E-state index is 12.1. The van der Waals surface area contributed by atoms with Gasteiger partial charge in [-0.2, -0.15) is 0 Å². The first-order valence-corrected chi connectivity index (χ1v) is 8.93. The molecule has 0 spiro atoms. The molecule has 2 rings (SSSR count). The van der Waals surface area contributed by atoms with Crippen LogP contribution in [0.1, 0.15) is 26.2 Å². The molecule has 0 amide bonds. The van der Waals surface area contributed by atoms with Gasteiger partial charge in [0, 0.05) is 25.1 Å². The van der Waals surface area contributed by atoms with E-state index >= 15 is 0 Å². The Labute approximate surface area is 122 Å². The molecule has 0 saturated carbocycles. The molecule has 2 atom stereocenters. The van der Waals surface area contributed by atoms with Crippen molar-refractivity contribution in [3.8, 4) is 0 Å². The minimum Gasteiger partial charge on any atom is -0.377 e. The van der Waals surface area contributed by atoms with Crippen LogP contribution in [-0.4, -0.2) is 57.5 Å². The van der Waals surface area contributed by atoms with Gasteiger partial charge in [-0.25, -0.2) is 12.7 Å². The zero-order chi connectivity index (χ0) is 14.6. The van der Waals surface area contributed by atoms with Crippen LogP contribution in [0.5, 0.6) is 0 Å². The van der Waals surface area contributed by atoms with Crippen LogP contribution in [0.25, 0.3) is 0 Å². The van der Waals surface area contributed by atoms with Gasteiger partial charge in [-0.1, -0.05) is 6.08 Å². The number of rotatable bonds is 6. The molecule has 2 saturated heterocycles. The lowest BCUT2D eigenvalue weighted by molar-refractivity contribution is -0.140. The van der Waals surface area contributed by atoms with Crippen molar-refractivity contribution in [2.24, 2.45) is 5.41 Å². The number of piperidine rings is 1. The number of fused-ring (bicyclic) bond motifs is 1. The van der Waals surface area contributed by atoms with Gasteiger partial charge in [-0.15, -0.1) is 6.58 Å². The molecule has 0 unspecified atom stereocenters. The molecule has 0 aromatic heterocycles. The summed E-state index contributed by atoms with van der Waals surface area (Å²) in [6.45, 7) is 8.23. The standard InChI is InChI=1S/C14H25NO4S/c1-3-9-18-12-14-7-5-10-19-13(14)6-8-15(11-14)20(16,17)4-2/h3,13H,1,4-12H2,2H3/t13-,14+/m1/s1. The molecule has 2 aliphatic rings. The van der Waals surface area contributed by atoms with E-state index in [0.29, 0.717) is 26.3 Å². The lowest BCUT2D eigenvalue weighted by Gasteiger charge is -2.49. The van der Waals surface area contributed by atoms with Crippen LogP contribution in [-0.2, 0) is 19.5 Å². The quantitative estimate of drug-likeness (QED) is 0.550. The highest BCUT2D eigenvalue weighted by atomic mass is 32.2. The molecule has 0 aliphatic carbocycles. The second-order valence-electron chi connectivity index (χ2n) is 5.65. The van der Waals surface area contributed by atoms with Crippen LogP contribution in [0.15, 0.2) is 12.7 Å². The molecule has 2 fully saturated rings.